The molecule has 0 aliphatic heterocycles. The predicted octanol–water partition coefficient (Wildman–Crippen LogP) is 5.00. The van der Waals surface area contributed by atoms with E-state index < -0.39 is 0 Å². The minimum absolute atomic E-state index is 0.116. The molecule has 170 valence electrons. The van der Waals surface area contributed by atoms with Crippen LogP contribution in [0.5, 0.6) is 0 Å². The number of aryl methyl sites for hydroxylation is 1. The summed E-state index contributed by atoms with van der Waals surface area (Å²) < 4.78 is 5.22. The van der Waals surface area contributed by atoms with Crippen LogP contribution < -0.4 is 10.2 Å². The number of aromatic nitrogens is 2. The van der Waals surface area contributed by atoms with E-state index in [-0.39, 0.29) is 17.7 Å². The van der Waals surface area contributed by atoms with Gasteiger partial charge in [-0.05, 0) is 37.8 Å². The third-order valence-corrected chi connectivity index (χ3v) is 6.83. The second-order valence-corrected chi connectivity index (χ2v) is 9.08. The zero-order valence-corrected chi connectivity index (χ0v) is 19.5. The number of nitrogens with one attached hydrogen (secondary N) is 2. The molecule has 0 radical (unpaired) electrons. The van der Waals surface area contributed by atoms with Crippen LogP contribution in [-0.4, -0.2) is 42.5 Å². The molecule has 4 rings (SSSR count). The van der Waals surface area contributed by atoms with Crippen molar-refractivity contribution in [2.24, 2.45) is 5.92 Å². The van der Waals surface area contributed by atoms with E-state index in [0.717, 1.165) is 60.7 Å². The molecule has 0 bridgehead atoms. The minimum Gasteiger partial charge on any atom is -0.385 e. The van der Waals surface area contributed by atoms with Crippen LogP contribution in [0.15, 0.2) is 29.1 Å². The van der Waals surface area contributed by atoms with Gasteiger partial charge >= 0.3 is 0 Å². The number of fused-ring (bicyclic) bond motifs is 1. The number of hydrogen-bond acceptors (Lipinski definition) is 5. The van der Waals surface area contributed by atoms with Gasteiger partial charge in [0.15, 0.2) is 0 Å². The third kappa shape index (κ3) is 4.86. The first-order valence-electron chi connectivity index (χ1n) is 11.2. The van der Waals surface area contributed by atoms with Crippen LogP contribution in [0.3, 0.4) is 0 Å². The fourth-order valence-electron chi connectivity index (χ4n) is 4.46. The Morgan fingerprint density at radius 3 is 2.81 bits per heavy atom. The Bertz CT molecular complexity index is 1070. The van der Waals surface area contributed by atoms with Crippen LogP contribution in [0, 0.1) is 5.92 Å². The highest BCUT2D eigenvalue weighted by Crippen LogP contribution is 2.32. The van der Waals surface area contributed by atoms with Gasteiger partial charge in [0.2, 0.25) is 5.91 Å². The molecule has 0 spiro atoms. The predicted molar refractivity (Wildman–Crippen MR) is 129 cm³/mol. The number of carbonyl (C=O) groups is 2. The maximum absolute atomic E-state index is 13.0. The van der Waals surface area contributed by atoms with Crippen LogP contribution in [0.4, 0.5) is 11.5 Å². The summed E-state index contributed by atoms with van der Waals surface area (Å²) in [6.45, 7) is 0.642. The lowest BCUT2D eigenvalue weighted by atomic mass is 9.88. The van der Waals surface area contributed by atoms with E-state index in [1.165, 1.54) is 17.8 Å². The topological polar surface area (TPSA) is 87.3 Å². The number of hydrogen-bond donors (Lipinski definition) is 2. The second kappa shape index (κ2) is 10.3. The minimum atomic E-state index is -0.240. The van der Waals surface area contributed by atoms with Gasteiger partial charge in [-0.15, -0.1) is 11.3 Å². The van der Waals surface area contributed by atoms with Crippen molar-refractivity contribution in [3.63, 3.8) is 0 Å². The molecular formula is C24H30N4O3S. The molecule has 1 aliphatic carbocycles. The number of methoxy groups -OCH3 is 1. The quantitative estimate of drug-likeness (QED) is 0.469. The zero-order chi connectivity index (χ0) is 22.5. The van der Waals surface area contributed by atoms with Crippen LogP contribution in [0.2, 0.25) is 0 Å². The van der Waals surface area contributed by atoms with Crippen LogP contribution in [-0.2, 0) is 16.0 Å². The van der Waals surface area contributed by atoms with Gasteiger partial charge in [0, 0.05) is 54.2 Å². The van der Waals surface area contributed by atoms with Crippen molar-refractivity contribution < 1.29 is 14.3 Å². The molecule has 0 atom stereocenters. The number of H-pyrrole nitrogens is 1. The van der Waals surface area contributed by atoms with Crippen molar-refractivity contribution in [1.82, 2.24) is 9.97 Å². The summed E-state index contributed by atoms with van der Waals surface area (Å²) in [5.41, 5.74) is 4.83. The molecule has 1 saturated carbocycles. The molecule has 2 heterocycles. The summed E-state index contributed by atoms with van der Waals surface area (Å²) in [5, 5.41) is 5.75. The van der Waals surface area contributed by atoms with Gasteiger partial charge in [0.05, 0.1) is 5.51 Å². The molecule has 0 saturated heterocycles. The fourth-order valence-corrected chi connectivity index (χ4v) is 5.00. The number of amides is 2. The van der Waals surface area contributed by atoms with Crippen LogP contribution in [0.1, 0.15) is 54.6 Å². The number of benzene rings is 1. The van der Waals surface area contributed by atoms with Crippen molar-refractivity contribution in [1.29, 1.82) is 0 Å². The van der Waals surface area contributed by atoms with Crippen LogP contribution in [0.25, 0.3) is 10.9 Å². The van der Waals surface area contributed by atoms with E-state index in [1.54, 1.807) is 22.9 Å². The Morgan fingerprint density at radius 2 is 2.09 bits per heavy atom. The zero-order valence-electron chi connectivity index (χ0n) is 18.6. The molecule has 1 aromatic carbocycles. The lowest BCUT2D eigenvalue weighted by Gasteiger charge is -2.26. The number of aromatic amines is 1. The van der Waals surface area contributed by atoms with E-state index in [4.69, 9.17) is 4.74 Å². The number of rotatable bonds is 8. The van der Waals surface area contributed by atoms with Gasteiger partial charge in [0.1, 0.15) is 11.5 Å². The Morgan fingerprint density at radius 1 is 1.28 bits per heavy atom. The number of ether oxygens (including phenoxy) is 1. The molecule has 7 nitrogen and oxygen atoms in total. The number of thiazole rings is 1. The number of nitrogens with zero attached hydrogens (tertiary/aromatic N) is 2. The summed E-state index contributed by atoms with van der Waals surface area (Å²) in [7, 11) is 3.54. The molecule has 2 N–H and O–H groups in total. The van der Waals surface area contributed by atoms with E-state index >= 15 is 0 Å². The Kier molecular flexibility index (Phi) is 7.22. The molecule has 8 heteroatoms. The van der Waals surface area contributed by atoms with Gasteiger partial charge in [-0.25, -0.2) is 4.98 Å². The van der Waals surface area contributed by atoms with Crippen molar-refractivity contribution in [2.75, 3.05) is 31.0 Å². The van der Waals surface area contributed by atoms with Crippen molar-refractivity contribution in [3.05, 3.63) is 40.3 Å². The monoisotopic (exact) mass is 454 g/mol. The van der Waals surface area contributed by atoms with Gasteiger partial charge in [-0.2, -0.15) is 0 Å². The SMILES string of the molecule is COCCCc1c(NC(=O)c2cscn2)[nH]c2cc(N(C)C(=O)C3CCCCC3)ccc12. The Hall–Kier alpha value is -2.71. The smallest absolute Gasteiger partial charge is 0.276 e. The van der Waals surface area contributed by atoms with E-state index in [0.29, 0.717) is 18.1 Å². The van der Waals surface area contributed by atoms with Crippen LogP contribution >= 0.6 is 11.3 Å². The van der Waals surface area contributed by atoms with Gasteiger partial charge in [-0.1, -0.05) is 25.3 Å². The van der Waals surface area contributed by atoms with Gasteiger partial charge < -0.3 is 19.9 Å². The second-order valence-electron chi connectivity index (χ2n) is 8.36. The van der Waals surface area contributed by atoms with E-state index in [9.17, 15) is 9.59 Å². The Labute approximate surface area is 192 Å². The van der Waals surface area contributed by atoms with E-state index in [1.807, 2.05) is 25.2 Å². The molecule has 1 aliphatic rings. The highest BCUT2D eigenvalue weighted by molar-refractivity contribution is 7.07. The number of anilines is 2. The summed E-state index contributed by atoms with van der Waals surface area (Å²) in [6.07, 6.45) is 7.04. The highest BCUT2D eigenvalue weighted by Gasteiger charge is 2.25. The maximum atomic E-state index is 13.0. The first-order valence-corrected chi connectivity index (χ1v) is 12.1. The normalized spacial score (nSPS) is 14.6. The molecular weight excluding hydrogens is 424 g/mol. The van der Waals surface area contributed by atoms with Crippen molar-refractivity contribution in [2.45, 2.75) is 44.9 Å². The molecule has 2 amide bonds. The summed E-state index contributed by atoms with van der Waals surface area (Å²) >= 11 is 1.39. The molecule has 1 fully saturated rings. The molecule has 3 aromatic rings. The van der Waals surface area contributed by atoms with Gasteiger partial charge in [0.25, 0.3) is 5.91 Å². The molecule has 32 heavy (non-hydrogen) atoms. The van der Waals surface area contributed by atoms with Gasteiger partial charge in [-0.3, -0.25) is 9.59 Å². The maximum Gasteiger partial charge on any atom is 0.276 e. The first-order chi connectivity index (χ1) is 15.6. The average molecular weight is 455 g/mol. The third-order valence-electron chi connectivity index (χ3n) is 6.24. The molecule has 2 aromatic heterocycles. The van der Waals surface area contributed by atoms with E-state index in [2.05, 4.69) is 15.3 Å². The van der Waals surface area contributed by atoms with Crippen molar-refractivity contribution in [3.8, 4) is 0 Å². The standard InChI is InChI=1S/C24H30N4O3S/c1-28(24(30)16-7-4-3-5-8-16)17-10-11-18-19(9-6-12-31-2)22(26-20(18)13-17)27-23(29)21-14-32-15-25-21/h10-11,13-16,26H,3-9,12H2,1-2H3,(H,27,29). The lowest BCUT2D eigenvalue weighted by molar-refractivity contribution is -0.123. The van der Waals surface area contributed by atoms with Crippen molar-refractivity contribution >= 4 is 45.6 Å². The summed E-state index contributed by atoms with van der Waals surface area (Å²) in [5.74, 6) is 0.738. The summed E-state index contributed by atoms with van der Waals surface area (Å²) in [6, 6.07) is 6.02. The largest absolute Gasteiger partial charge is 0.385 e. The Balaban J connectivity index is 1.61. The summed E-state index contributed by atoms with van der Waals surface area (Å²) in [4.78, 5) is 34.8. The first kappa shape index (κ1) is 22.5. The fraction of sp³-hybridized carbons (Fsp3) is 0.458. The molecule has 0 unspecified atom stereocenters. The lowest BCUT2D eigenvalue weighted by Crippen LogP contribution is -2.33. The average Bonchev–Trinajstić information content (AvgIpc) is 3.47. The number of carbonyl (C=O) groups excluding carboxylic acids is 2. The highest BCUT2D eigenvalue weighted by atomic mass is 32.1.